The molecule has 1 aliphatic heterocycles. The van der Waals surface area contributed by atoms with Crippen molar-refractivity contribution in [2.75, 3.05) is 13.1 Å². The third kappa shape index (κ3) is 3.95. The molecule has 2 heteroatoms. The summed E-state index contributed by atoms with van der Waals surface area (Å²) < 4.78 is 0. The van der Waals surface area contributed by atoms with E-state index in [1.807, 2.05) is 0 Å². The van der Waals surface area contributed by atoms with E-state index in [9.17, 15) is 0 Å². The molecule has 2 fully saturated rings. The fourth-order valence-electron chi connectivity index (χ4n) is 4.01. The fourth-order valence-corrected chi connectivity index (χ4v) is 4.01. The van der Waals surface area contributed by atoms with Crippen molar-refractivity contribution < 1.29 is 0 Å². The van der Waals surface area contributed by atoms with E-state index in [-0.39, 0.29) is 0 Å². The van der Waals surface area contributed by atoms with Crippen LogP contribution in [-0.4, -0.2) is 36.1 Å². The van der Waals surface area contributed by atoms with E-state index >= 15 is 0 Å². The maximum Gasteiger partial charge on any atom is 0.0198 e. The summed E-state index contributed by atoms with van der Waals surface area (Å²) >= 11 is 0. The molecule has 0 spiro atoms. The first-order chi connectivity index (χ1) is 8.97. The zero-order valence-electron chi connectivity index (χ0n) is 13.7. The van der Waals surface area contributed by atoms with Gasteiger partial charge in [-0.3, -0.25) is 4.90 Å². The van der Waals surface area contributed by atoms with Crippen LogP contribution in [0.4, 0.5) is 0 Å². The van der Waals surface area contributed by atoms with Gasteiger partial charge in [0.15, 0.2) is 0 Å². The number of hydrogen-bond acceptors (Lipinski definition) is 2. The SMILES string of the molecule is CC(C)CC1CN(C2CCC(C)C(C)C2)C(C)CN1. The van der Waals surface area contributed by atoms with Crippen LogP contribution in [-0.2, 0) is 0 Å². The number of rotatable bonds is 3. The first-order valence-electron chi connectivity index (χ1n) is 8.46. The van der Waals surface area contributed by atoms with Crippen molar-refractivity contribution in [3.8, 4) is 0 Å². The minimum atomic E-state index is 0.714. The smallest absolute Gasteiger partial charge is 0.0198 e. The van der Waals surface area contributed by atoms with E-state index < -0.39 is 0 Å². The summed E-state index contributed by atoms with van der Waals surface area (Å²) in [5.74, 6) is 2.64. The minimum Gasteiger partial charge on any atom is -0.311 e. The molecular weight excluding hydrogens is 232 g/mol. The lowest BCUT2D eigenvalue weighted by Crippen LogP contribution is -2.59. The molecular formula is C17H34N2. The second-order valence-corrected chi connectivity index (χ2v) is 7.70. The van der Waals surface area contributed by atoms with Gasteiger partial charge in [-0.2, -0.15) is 0 Å². The van der Waals surface area contributed by atoms with Crippen molar-refractivity contribution in [1.29, 1.82) is 0 Å². The summed E-state index contributed by atoms with van der Waals surface area (Å²) in [7, 11) is 0. The van der Waals surface area contributed by atoms with Crippen molar-refractivity contribution >= 4 is 0 Å². The molecule has 1 N–H and O–H groups in total. The van der Waals surface area contributed by atoms with Gasteiger partial charge in [-0.1, -0.05) is 27.7 Å². The van der Waals surface area contributed by atoms with E-state index in [1.54, 1.807) is 0 Å². The molecule has 1 heterocycles. The highest BCUT2D eigenvalue weighted by Crippen LogP contribution is 2.33. The molecule has 1 aliphatic carbocycles. The quantitative estimate of drug-likeness (QED) is 0.841. The second kappa shape index (κ2) is 6.58. The molecule has 2 aliphatic rings. The van der Waals surface area contributed by atoms with Gasteiger partial charge in [0.1, 0.15) is 0 Å². The monoisotopic (exact) mass is 266 g/mol. The molecule has 1 saturated heterocycles. The molecule has 2 nitrogen and oxygen atoms in total. The molecule has 0 radical (unpaired) electrons. The standard InChI is InChI=1S/C17H34N2/c1-12(2)8-16-11-19(15(5)10-18-16)17-7-6-13(3)14(4)9-17/h12-18H,6-11H2,1-5H3. The summed E-state index contributed by atoms with van der Waals surface area (Å²) in [5, 5.41) is 3.75. The maximum atomic E-state index is 3.75. The first kappa shape index (κ1) is 15.3. The number of piperazine rings is 1. The predicted molar refractivity (Wildman–Crippen MR) is 83.4 cm³/mol. The van der Waals surface area contributed by atoms with Gasteiger partial charge in [0.25, 0.3) is 0 Å². The van der Waals surface area contributed by atoms with Crippen LogP contribution in [0.2, 0.25) is 0 Å². The average molecular weight is 266 g/mol. The minimum absolute atomic E-state index is 0.714. The van der Waals surface area contributed by atoms with Crippen LogP contribution in [0.5, 0.6) is 0 Å². The Morgan fingerprint density at radius 3 is 2.47 bits per heavy atom. The average Bonchev–Trinajstić information content (AvgIpc) is 2.34. The molecule has 1 saturated carbocycles. The van der Waals surface area contributed by atoms with Crippen LogP contribution < -0.4 is 5.32 Å². The fraction of sp³-hybridized carbons (Fsp3) is 1.00. The zero-order valence-corrected chi connectivity index (χ0v) is 13.7. The molecule has 0 aromatic carbocycles. The van der Waals surface area contributed by atoms with Crippen LogP contribution in [0.3, 0.4) is 0 Å². The van der Waals surface area contributed by atoms with Gasteiger partial charge in [0, 0.05) is 31.2 Å². The summed E-state index contributed by atoms with van der Waals surface area (Å²) in [5.41, 5.74) is 0. The van der Waals surface area contributed by atoms with Crippen LogP contribution in [0.15, 0.2) is 0 Å². The van der Waals surface area contributed by atoms with Gasteiger partial charge in [-0.05, 0) is 50.4 Å². The molecule has 112 valence electrons. The van der Waals surface area contributed by atoms with Gasteiger partial charge in [0.05, 0.1) is 0 Å². The van der Waals surface area contributed by atoms with Crippen molar-refractivity contribution in [2.45, 2.75) is 78.4 Å². The van der Waals surface area contributed by atoms with Crippen LogP contribution >= 0.6 is 0 Å². The molecule has 5 atom stereocenters. The summed E-state index contributed by atoms with van der Waals surface area (Å²) in [4.78, 5) is 2.83. The Morgan fingerprint density at radius 2 is 1.84 bits per heavy atom. The Labute approximate surface area is 120 Å². The summed E-state index contributed by atoms with van der Waals surface area (Å²) in [6.07, 6.45) is 5.59. The molecule has 19 heavy (non-hydrogen) atoms. The highest BCUT2D eigenvalue weighted by atomic mass is 15.3. The van der Waals surface area contributed by atoms with Crippen molar-refractivity contribution in [1.82, 2.24) is 10.2 Å². The second-order valence-electron chi connectivity index (χ2n) is 7.70. The third-order valence-corrected chi connectivity index (χ3v) is 5.49. The van der Waals surface area contributed by atoms with E-state index in [4.69, 9.17) is 0 Å². The summed E-state index contributed by atoms with van der Waals surface area (Å²) in [6.45, 7) is 14.4. The first-order valence-corrected chi connectivity index (χ1v) is 8.46. The Balaban J connectivity index is 1.93. The number of hydrogen-bond donors (Lipinski definition) is 1. The van der Waals surface area contributed by atoms with Crippen LogP contribution in [0, 0.1) is 17.8 Å². The third-order valence-electron chi connectivity index (χ3n) is 5.49. The van der Waals surface area contributed by atoms with Gasteiger partial charge < -0.3 is 5.32 Å². The highest BCUT2D eigenvalue weighted by Gasteiger charge is 2.34. The maximum absolute atomic E-state index is 3.75. The van der Waals surface area contributed by atoms with Gasteiger partial charge in [0.2, 0.25) is 0 Å². The lowest BCUT2D eigenvalue weighted by atomic mass is 9.78. The van der Waals surface area contributed by atoms with Crippen molar-refractivity contribution in [2.24, 2.45) is 17.8 Å². The molecule has 2 rings (SSSR count). The Morgan fingerprint density at radius 1 is 1.11 bits per heavy atom. The van der Waals surface area contributed by atoms with E-state index in [0.717, 1.165) is 23.8 Å². The van der Waals surface area contributed by atoms with Crippen molar-refractivity contribution in [3.05, 3.63) is 0 Å². The number of nitrogens with one attached hydrogen (secondary N) is 1. The lowest BCUT2D eigenvalue weighted by molar-refractivity contribution is 0.0426. The van der Waals surface area contributed by atoms with Gasteiger partial charge in [-0.15, -0.1) is 0 Å². The zero-order chi connectivity index (χ0) is 14.0. The molecule has 0 amide bonds. The summed E-state index contributed by atoms with van der Waals surface area (Å²) in [6, 6.07) is 2.28. The van der Waals surface area contributed by atoms with E-state index in [0.29, 0.717) is 12.1 Å². The molecule has 5 unspecified atom stereocenters. The highest BCUT2D eigenvalue weighted by molar-refractivity contribution is 4.91. The van der Waals surface area contributed by atoms with E-state index in [1.165, 1.54) is 38.8 Å². The molecule has 0 bridgehead atoms. The molecule has 0 aromatic heterocycles. The Kier molecular flexibility index (Phi) is 5.30. The van der Waals surface area contributed by atoms with Gasteiger partial charge in [-0.25, -0.2) is 0 Å². The van der Waals surface area contributed by atoms with Crippen LogP contribution in [0.1, 0.15) is 60.3 Å². The normalized spacial score (nSPS) is 41.7. The topological polar surface area (TPSA) is 15.3 Å². The predicted octanol–water partition coefficient (Wildman–Crippen LogP) is 3.52. The largest absolute Gasteiger partial charge is 0.311 e. The Bertz CT molecular complexity index is 276. The van der Waals surface area contributed by atoms with Crippen LogP contribution in [0.25, 0.3) is 0 Å². The van der Waals surface area contributed by atoms with Gasteiger partial charge >= 0.3 is 0 Å². The Hall–Kier alpha value is -0.0800. The van der Waals surface area contributed by atoms with Crippen molar-refractivity contribution in [3.63, 3.8) is 0 Å². The lowest BCUT2D eigenvalue weighted by Gasteiger charge is -2.47. The van der Waals surface area contributed by atoms with E-state index in [2.05, 4.69) is 44.8 Å². The molecule has 0 aromatic rings. The number of nitrogens with zero attached hydrogens (tertiary/aromatic N) is 1.